The Labute approximate surface area is 199 Å². The molecule has 2 aromatic rings. The van der Waals surface area contributed by atoms with E-state index in [-0.39, 0.29) is 23.5 Å². The summed E-state index contributed by atoms with van der Waals surface area (Å²) in [6.45, 7) is 6.33. The van der Waals surface area contributed by atoms with Gasteiger partial charge in [-0.2, -0.15) is 5.26 Å². The number of carbonyl (C=O) groups excluding carboxylic acids is 2. The number of nitriles is 1. The first-order chi connectivity index (χ1) is 16.1. The molecule has 0 radical (unpaired) electrons. The monoisotopic (exact) mass is 484 g/mol. The Hall–Kier alpha value is -3.45. The lowest BCUT2D eigenvalue weighted by Gasteiger charge is -2.32. The number of sulfonamides is 1. The van der Waals surface area contributed by atoms with Gasteiger partial charge in [0.1, 0.15) is 11.9 Å². The minimum absolute atomic E-state index is 0.220. The summed E-state index contributed by atoms with van der Waals surface area (Å²) in [6.07, 6.45) is 0.827. The summed E-state index contributed by atoms with van der Waals surface area (Å²) in [5.41, 5.74) is 2.51. The van der Waals surface area contributed by atoms with Crippen LogP contribution in [0.4, 0.5) is 5.82 Å². The van der Waals surface area contributed by atoms with E-state index < -0.39 is 27.8 Å². The van der Waals surface area contributed by atoms with Gasteiger partial charge in [0.25, 0.3) is 0 Å². The highest BCUT2D eigenvalue weighted by Gasteiger charge is 2.30. The minimum atomic E-state index is -3.81. The van der Waals surface area contributed by atoms with Crippen molar-refractivity contribution < 1.29 is 22.7 Å². The van der Waals surface area contributed by atoms with Crippen LogP contribution in [0, 0.1) is 31.1 Å². The molecular formula is C24H28N4O5S. The Balaban J connectivity index is 1.64. The summed E-state index contributed by atoms with van der Waals surface area (Å²) >= 11 is 0. The number of nitrogens with zero attached hydrogens (tertiary/aromatic N) is 3. The number of aryl methyl sites for hydroxylation is 2. The first kappa shape index (κ1) is 25.2. The number of anilines is 1. The van der Waals surface area contributed by atoms with E-state index in [0.717, 1.165) is 5.56 Å². The van der Waals surface area contributed by atoms with Crippen molar-refractivity contribution in [2.45, 2.75) is 39.4 Å². The van der Waals surface area contributed by atoms with Crippen LogP contribution in [0.1, 0.15) is 52.5 Å². The van der Waals surface area contributed by atoms with Gasteiger partial charge in [-0.3, -0.25) is 9.52 Å². The molecule has 0 saturated carbocycles. The highest BCUT2D eigenvalue weighted by molar-refractivity contribution is 7.89. The van der Waals surface area contributed by atoms with Gasteiger partial charge in [-0.1, -0.05) is 29.8 Å². The van der Waals surface area contributed by atoms with Gasteiger partial charge in [-0.15, -0.1) is 0 Å². The lowest BCUT2D eigenvalue weighted by Crippen LogP contribution is -2.43. The molecule has 1 aliphatic rings. The van der Waals surface area contributed by atoms with Crippen LogP contribution in [0.25, 0.3) is 0 Å². The molecule has 9 nitrogen and oxygen atoms in total. The van der Waals surface area contributed by atoms with Crippen LogP contribution in [0.2, 0.25) is 0 Å². The number of hydrogen-bond acceptors (Lipinski definition) is 8. The maximum absolute atomic E-state index is 12.6. The second-order valence-corrected chi connectivity index (χ2v) is 10.0. The number of piperidine rings is 1. The largest absolute Gasteiger partial charge is 0.462 e. The van der Waals surface area contributed by atoms with E-state index >= 15 is 0 Å². The summed E-state index contributed by atoms with van der Waals surface area (Å²) in [7, 11) is -3.81. The van der Waals surface area contributed by atoms with E-state index in [0.29, 0.717) is 43.0 Å². The normalized spacial score (nSPS) is 14.4. The number of rotatable bonds is 7. The molecule has 180 valence electrons. The zero-order chi connectivity index (χ0) is 24.9. The molecule has 34 heavy (non-hydrogen) atoms. The molecule has 1 fully saturated rings. The van der Waals surface area contributed by atoms with Gasteiger partial charge in [0.05, 0.1) is 29.2 Å². The van der Waals surface area contributed by atoms with Gasteiger partial charge in [0.2, 0.25) is 15.9 Å². The van der Waals surface area contributed by atoms with Crippen molar-refractivity contribution in [3.8, 4) is 6.07 Å². The molecular weight excluding hydrogens is 456 g/mol. The zero-order valence-electron chi connectivity index (χ0n) is 19.5. The number of pyridine rings is 1. The van der Waals surface area contributed by atoms with E-state index in [9.17, 15) is 23.3 Å². The van der Waals surface area contributed by atoms with Crippen LogP contribution in [-0.2, 0) is 25.3 Å². The van der Waals surface area contributed by atoms with Crippen LogP contribution >= 0.6 is 0 Å². The molecule has 1 aromatic heterocycles. The summed E-state index contributed by atoms with van der Waals surface area (Å²) in [5.74, 6) is -1.33. The molecule has 0 unspecified atom stereocenters. The molecule has 1 aliphatic heterocycles. The lowest BCUT2D eigenvalue weighted by molar-refractivity contribution is -0.123. The third-order valence-electron chi connectivity index (χ3n) is 5.67. The molecule has 2 heterocycles. The van der Waals surface area contributed by atoms with Crippen molar-refractivity contribution in [3.05, 3.63) is 58.3 Å². The zero-order valence-corrected chi connectivity index (χ0v) is 20.3. The molecule has 3 rings (SSSR count). The molecule has 0 atom stereocenters. The maximum Gasteiger partial charge on any atom is 0.340 e. The number of ether oxygens (including phenoxy) is 1. The second kappa shape index (κ2) is 10.7. The van der Waals surface area contributed by atoms with E-state index in [4.69, 9.17) is 4.74 Å². The van der Waals surface area contributed by atoms with Crippen molar-refractivity contribution >= 4 is 27.7 Å². The number of hydrogen-bond donors (Lipinski definition) is 1. The molecule has 1 aromatic carbocycles. The molecule has 1 amide bonds. The van der Waals surface area contributed by atoms with Crippen molar-refractivity contribution in [1.29, 1.82) is 5.26 Å². The SMILES string of the molecule is CCOC(=O)c1cc(C#N)c(N2CCC(C(=O)NS(=O)(=O)Cc3cccc(C)c3)CC2)nc1C. The van der Waals surface area contributed by atoms with Crippen LogP contribution in [0.3, 0.4) is 0 Å². The number of amides is 1. The van der Waals surface area contributed by atoms with Gasteiger partial charge in [0.15, 0.2) is 0 Å². The Morgan fingerprint density at radius 1 is 1.24 bits per heavy atom. The number of aromatic nitrogens is 1. The highest BCUT2D eigenvalue weighted by atomic mass is 32.2. The summed E-state index contributed by atoms with van der Waals surface area (Å²) in [6, 6.07) is 10.7. The number of esters is 1. The highest BCUT2D eigenvalue weighted by Crippen LogP contribution is 2.27. The van der Waals surface area contributed by atoms with Crippen LogP contribution in [0.5, 0.6) is 0 Å². The molecule has 0 aliphatic carbocycles. The molecule has 10 heteroatoms. The molecule has 0 bridgehead atoms. The Morgan fingerprint density at radius 3 is 2.56 bits per heavy atom. The number of nitrogens with one attached hydrogen (secondary N) is 1. The fourth-order valence-electron chi connectivity index (χ4n) is 3.98. The lowest BCUT2D eigenvalue weighted by atomic mass is 9.96. The van der Waals surface area contributed by atoms with E-state index in [1.807, 2.05) is 17.9 Å². The van der Waals surface area contributed by atoms with Gasteiger partial charge in [0, 0.05) is 19.0 Å². The average Bonchev–Trinajstić information content (AvgIpc) is 2.78. The quantitative estimate of drug-likeness (QED) is 0.594. The topological polar surface area (TPSA) is 129 Å². The summed E-state index contributed by atoms with van der Waals surface area (Å²) < 4.78 is 32.2. The third kappa shape index (κ3) is 6.11. The smallest absolute Gasteiger partial charge is 0.340 e. The average molecular weight is 485 g/mol. The third-order valence-corrected chi connectivity index (χ3v) is 6.89. The fraction of sp³-hybridized carbons (Fsp3) is 0.417. The second-order valence-electron chi connectivity index (χ2n) is 8.30. The number of carbonyl (C=O) groups is 2. The predicted octanol–water partition coefficient (Wildman–Crippen LogP) is 2.61. The van der Waals surface area contributed by atoms with Crippen molar-refractivity contribution in [2.24, 2.45) is 5.92 Å². The first-order valence-electron chi connectivity index (χ1n) is 11.1. The van der Waals surface area contributed by atoms with Crippen molar-refractivity contribution in [2.75, 3.05) is 24.6 Å². The molecule has 1 saturated heterocycles. The van der Waals surface area contributed by atoms with E-state index in [1.165, 1.54) is 6.07 Å². The van der Waals surface area contributed by atoms with Crippen molar-refractivity contribution in [1.82, 2.24) is 9.71 Å². The van der Waals surface area contributed by atoms with Gasteiger partial charge < -0.3 is 9.64 Å². The fourth-order valence-corrected chi connectivity index (χ4v) is 5.14. The predicted molar refractivity (Wildman–Crippen MR) is 127 cm³/mol. The standard InChI is InChI=1S/C24H28N4O5S/c1-4-33-24(30)21-13-20(14-25)22(26-17(21)3)28-10-8-19(9-11-28)23(29)27-34(31,32)15-18-7-5-6-16(2)12-18/h5-7,12-13,19H,4,8-11,15H2,1-3H3,(H,27,29). The van der Waals surface area contributed by atoms with Crippen LogP contribution in [-0.4, -0.2) is 45.0 Å². The molecule has 0 spiro atoms. The van der Waals surface area contributed by atoms with Crippen LogP contribution < -0.4 is 9.62 Å². The minimum Gasteiger partial charge on any atom is -0.462 e. The van der Waals surface area contributed by atoms with Crippen LogP contribution in [0.15, 0.2) is 30.3 Å². The van der Waals surface area contributed by atoms with Gasteiger partial charge in [-0.25, -0.2) is 18.2 Å². The molecule has 1 N–H and O–H groups in total. The maximum atomic E-state index is 12.6. The van der Waals surface area contributed by atoms with Gasteiger partial charge >= 0.3 is 5.97 Å². The van der Waals surface area contributed by atoms with Gasteiger partial charge in [-0.05, 0) is 45.2 Å². The Morgan fingerprint density at radius 2 is 1.94 bits per heavy atom. The number of benzene rings is 1. The first-order valence-corrected chi connectivity index (χ1v) is 12.7. The summed E-state index contributed by atoms with van der Waals surface area (Å²) in [5, 5.41) is 9.58. The summed E-state index contributed by atoms with van der Waals surface area (Å²) in [4.78, 5) is 31.1. The Kier molecular flexibility index (Phi) is 7.89. The van der Waals surface area contributed by atoms with Crippen molar-refractivity contribution in [3.63, 3.8) is 0 Å². The van der Waals surface area contributed by atoms with E-state index in [2.05, 4.69) is 15.8 Å². The van der Waals surface area contributed by atoms with E-state index in [1.54, 1.807) is 32.0 Å². The Bertz CT molecular complexity index is 1230.